The van der Waals surface area contributed by atoms with Crippen LogP contribution in [0.5, 0.6) is 5.75 Å². The summed E-state index contributed by atoms with van der Waals surface area (Å²) in [6.45, 7) is -0.119. The summed E-state index contributed by atoms with van der Waals surface area (Å²) in [6, 6.07) is 25.2. The number of nitrogens with zero attached hydrogens (tertiary/aromatic N) is 1. The number of benzene rings is 3. The zero-order valence-electron chi connectivity index (χ0n) is 14.5. The Kier molecular flexibility index (Phi) is 6.09. The molecule has 0 unspecified atom stereocenters. The Morgan fingerprint density at radius 2 is 1.41 bits per heavy atom. The number of hydrogen-bond acceptors (Lipinski definition) is 4. The zero-order chi connectivity index (χ0) is 18.9. The molecule has 1 N–H and O–H groups in total. The Balaban J connectivity index is 1.50. The molecule has 134 valence electrons. The maximum absolute atomic E-state index is 12.3. The van der Waals surface area contributed by atoms with Crippen molar-refractivity contribution in [1.29, 1.82) is 0 Å². The fraction of sp³-hybridized carbons (Fsp3) is 0.0455. The topological polar surface area (TPSA) is 67.8 Å². The van der Waals surface area contributed by atoms with Crippen LogP contribution in [0.1, 0.15) is 21.5 Å². The lowest BCUT2D eigenvalue weighted by atomic mass is 10.0. The Hall–Kier alpha value is -3.73. The highest BCUT2D eigenvalue weighted by Gasteiger charge is 2.07. The molecular formula is C22H18N2O3. The fourth-order valence-corrected chi connectivity index (χ4v) is 2.35. The zero-order valence-corrected chi connectivity index (χ0v) is 14.5. The van der Waals surface area contributed by atoms with Crippen molar-refractivity contribution < 1.29 is 14.3 Å². The largest absolute Gasteiger partial charge is 0.484 e. The highest BCUT2D eigenvalue weighted by Crippen LogP contribution is 2.10. The highest BCUT2D eigenvalue weighted by atomic mass is 16.5. The van der Waals surface area contributed by atoms with Crippen LogP contribution in [-0.4, -0.2) is 24.5 Å². The number of hydrogen-bond donors (Lipinski definition) is 1. The summed E-state index contributed by atoms with van der Waals surface area (Å²) in [5.74, 6) is 0.228. The van der Waals surface area contributed by atoms with Crippen LogP contribution in [0.3, 0.4) is 0 Å². The lowest BCUT2D eigenvalue weighted by Gasteiger charge is -2.04. The van der Waals surface area contributed by atoms with Crippen molar-refractivity contribution in [3.63, 3.8) is 0 Å². The molecule has 0 heterocycles. The maximum Gasteiger partial charge on any atom is 0.277 e. The van der Waals surface area contributed by atoms with E-state index in [1.54, 1.807) is 48.5 Å². The molecule has 0 atom stereocenters. The van der Waals surface area contributed by atoms with E-state index in [1.165, 1.54) is 6.21 Å². The van der Waals surface area contributed by atoms with Crippen molar-refractivity contribution in [2.45, 2.75) is 0 Å². The van der Waals surface area contributed by atoms with E-state index in [9.17, 15) is 9.59 Å². The van der Waals surface area contributed by atoms with Gasteiger partial charge >= 0.3 is 0 Å². The van der Waals surface area contributed by atoms with Crippen LogP contribution < -0.4 is 10.2 Å². The Morgan fingerprint density at radius 3 is 2.07 bits per heavy atom. The van der Waals surface area contributed by atoms with E-state index in [4.69, 9.17) is 4.74 Å². The fourth-order valence-electron chi connectivity index (χ4n) is 2.35. The van der Waals surface area contributed by atoms with Crippen molar-refractivity contribution >= 4 is 17.9 Å². The van der Waals surface area contributed by atoms with Gasteiger partial charge in [-0.2, -0.15) is 5.10 Å². The van der Waals surface area contributed by atoms with E-state index < -0.39 is 0 Å². The first kappa shape index (κ1) is 18.1. The van der Waals surface area contributed by atoms with Crippen molar-refractivity contribution in [3.8, 4) is 5.75 Å². The standard InChI is InChI=1S/C22H18N2O3/c25-21(16-27-20-9-5-2-6-10-20)24-23-15-17-11-13-19(14-12-17)22(26)18-7-3-1-4-8-18/h1-15H,16H2,(H,24,25). The summed E-state index contributed by atoms with van der Waals surface area (Å²) in [7, 11) is 0. The van der Waals surface area contributed by atoms with Crippen LogP contribution in [0.25, 0.3) is 0 Å². The third-order valence-corrected chi connectivity index (χ3v) is 3.72. The molecule has 0 saturated carbocycles. The van der Waals surface area contributed by atoms with Gasteiger partial charge in [0.2, 0.25) is 0 Å². The van der Waals surface area contributed by atoms with Crippen LogP contribution >= 0.6 is 0 Å². The van der Waals surface area contributed by atoms with Crippen LogP contribution in [0.15, 0.2) is 90.0 Å². The van der Waals surface area contributed by atoms with E-state index in [-0.39, 0.29) is 18.3 Å². The average molecular weight is 358 g/mol. The number of carbonyl (C=O) groups excluding carboxylic acids is 2. The molecule has 0 aromatic heterocycles. The minimum atomic E-state index is -0.356. The molecule has 0 radical (unpaired) electrons. The van der Waals surface area contributed by atoms with Gasteiger partial charge in [0.1, 0.15) is 5.75 Å². The van der Waals surface area contributed by atoms with Gasteiger partial charge in [-0.05, 0) is 17.7 Å². The molecule has 5 heteroatoms. The quantitative estimate of drug-likeness (QED) is 0.400. The summed E-state index contributed by atoms with van der Waals surface area (Å²) in [5, 5.41) is 3.90. The molecule has 0 aliphatic rings. The van der Waals surface area contributed by atoms with Gasteiger partial charge < -0.3 is 4.74 Å². The van der Waals surface area contributed by atoms with Gasteiger partial charge in [0.15, 0.2) is 12.4 Å². The molecular weight excluding hydrogens is 340 g/mol. The SMILES string of the molecule is O=C(COc1ccccc1)NN=Cc1ccc(C(=O)c2ccccc2)cc1. The summed E-state index contributed by atoms with van der Waals surface area (Å²) >= 11 is 0. The van der Waals surface area contributed by atoms with Gasteiger partial charge in [-0.1, -0.05) is 72.8 Å². The van der Waals surface area contributed by atoms with Gasteiger partial charge in [0.25, 0.3) is 5.91 Å². The van der Waals surface area contributed by atoms with E-state index in [0.29, 0.717) is 16.9 Å². The van der Waals surface area contributed by atoms with E-state index >= 15 is 0 Å². The van der Waals surface area contributed by atoms with Crippen molar-refractivity contribution in [2.24, 2.45) is 5.10 Å². The van der Waals surface area contributed by atoms with Crippen LogP contribution in [0, 0.1) is 0 Å². The van der Waals surface area contributed by atoms with Crippen LogP contribution in [-0.2, 0) is 4.79 Å². The number of ether oxygens (including phenoxy) is 1. The lowest BCUT2D eigenvalue weighted by molar-refractivity contribution is -0.123. The third kappa shape index (κ3) is 5.37. The number of hydrazone groups is 1. The average Bonchev–Trinajstić information content (AvgIpc) is 2.74. The van der Waals surface area contributed by atoms with E-state index in [0.717, 1.165) is 5.56 Å². The lowest BCUT2D eigenvalue weighted by Crippen LogP contribution is -2.24. The number of carbonyl (C=O) groups is 2. The molecule has 0 bridgehead atoms. The summed E-state index contributed by atoms with van der Waals surface area (Å²) in [6.07, 6.45) is 1.51. The highest BCUT2D eigenvalue weighted by molar-refractivity contribution is 6.09. The first-order valence-corrected chi connectivity index (χ1v) is 8.42. The molecule has 0 fully saturated rings. The second-order valence-corrected chi connectivity index (χ2v) is 5.71. The smallest absolute Gasteiger partial charge is 0.277 e. The third-order valence-electron chi connectivity index (χ3n) is 3.72. The molecule has 0 spiro atoms. The molecule has 3 aromatic carbocycles. The van der Waals surface area contributed by atoms with Crippen molar-refractivity contribution in [1.82, 2.24) is 5.43 Å². The molecule has 3 rings (SSSR count). The first-order valence-electron chi connectivity index (χ1n) is 8.42. The van der Waals surface area contributed by atoms with Crippen LogP contribution in [0.4, 0.5) is 0 Å². The molecule has 3 aromatic rings. The predicted molar refractivity (Wildman–Crippen MR) is 104 cm³/mol. The Bertz CT molecular complexity index is 921. The minimum Gasteiger partial charge on any atom is -0.484 e. The molecule has 0 aliphatic heterocycles. The number of rotatable bonds is 7. The summed E-state index contributed by atoms with van der Waals surface area (Å²) < 4.78 is 5.33. The van der Waals surface area contributed by atoms with Gasteiger partial charge in [0, 0.05) is 11.1 Å². The normalized spacial score (nSPS) is 10.5. The molecule has 0 aliphatic carbocycles. The monoisotopic (exact) mass is 358 g/mol. The van der Waals surface area contributed by atoms with Crippen molar-refractivity contribution in [3.05, 3.63) is 102 Å². The molecule has 27 heavy (non-hydrogen) atoms. The molecule has 1 amide bonds. The second kappa shape index (κ2) is 9.10. The first-order chi connectivity index (χ1) is 13.2. The minimum absolute atomic E-state index is 0.0366. The van der Waals surface area contributed by atoms with Gasteiger partial charge in [0.05, 0.1) is 6.21 Å². The van der Waals surface area contributed by atoms with E-state index in [1.807, 2.05) is 36.4 Å². The molecule has 0 saturated heterocycles. The van der Waals surface area contributed by atoms with Crippen molar-refractivity contribution in [2.75, 3.05) is 6.61 Å². The molecule has 5 nitrogen and oxygen atoms in total. The maximum atomic E-state index is 12.3. The summed E-state index contributed by atoms with van der Waals surface area (Å²) in [5.41, 5.74) is 4.41. The van der Waals surface area contributed by atoms with Gasteiger partial charge in [-0.3, -0.25) is 9.59 Å². The number of amides is 1. The number of para-hydroxylation sites is 1. The van der Waals surface area contributed by atoms with Crippen LogP contribution in [0.2, 0.25) is 0 Å². The Labute approximate surface area is 157 Å². The number of nitrogens with one attached hydrogen (secondary N) is 1. The predicted octanol–water partition coefficient (Wildman–Crippen LogP) is 3.45. The van der Waals surface area contributed by atoms with Gasteiger partial charge in [-0.25, -0.2) is 5.43 Å². The summed E-state index contributed by atoms with van der Waals surface area (Å²) in [4.78, 5) is 24.1. The van der Waals surface area contributed by atoms with Gasteiger partial charge in [-0.15, -0.1) is 0 Å². The second-order valence-electron chi connectivity index (χ2n) is 5.71. The number of ketones is 1. The Morgan fingerprint density at radius 1 is 0.815 bits per heavy atom. The van der Waals surface area contributed by atoms with E-state index in [2.05, 4.69) is 10.5 Å².